The fourth-order valence-electron chi connectivity index (χ4n) is 2.94. The minimum Gasteiger partial charge on any atom is -0.324 e. The van der Waals surface area contributed by atoms with Crippen LogP contribution in [0.2, 0.25) is 10.0 Å². The summed E-state index contributed by atoms with van der Waals surface area (Å²) in [5.74, 6) is 0.969. The Morgan fingerprint density at radius 1 is 1.04 bits per heavy atom. The van der Waals surface area contributed by atoms with Crippen LogP contribution in [0.15, 0.2) is 54.7 Å². The summed E-state index contributed by atoms with van der Waals surface area (Å²) < 4.78 is 0. The third-order valence-corrected chi connectivity index (χ3v) is 4.85. The van der Waals surface area contributed by atoms with E-state index in [0.717, 1.165) is 11.3 Å². The second-order valence-corrected chi connectivity index (χ2v) is 6.85. The van der Waals surface area contributed by atoms with Crippen LogP contribution in [0.4, 0.5) is 27.9 Å². The number of urea groups is 1. The number of halogens is 2. The normalized spacial score (nSPS) is 13.5. The van der Waals surface area contributed by atoms with E-state index in [-0.39, 0.29) is 12.6 Å². The standard InChI is InChI=1S/C19H15Cl2N5O/c1-25-17-12(10-22-18(24-17)23-13-6-3-2-4-7-13)11-26(19(25)27)16-14(20)8-5-9-15(16)21/h2-10H,11H2,1H3,(H,22,23,24). The molecular weight excluding hydrogens is 385 g/mol. The highest BCUT2D eigenvalue weighted by molar-refractivity contribution is 6.40. The summed E-state index contributed by atoms with van der Waals surface area (Å²) in [4.78, 5) is 24.8. The Morgan fingerprint density at radius 3 is 2.44 bits per heavy atom. The van der Waals surface area contributed by atoms with E-state index >= 15 is 0 Å². The quantitative estimate of drug-likeness (QED) is 0.664. The van der Waals surface area contributed by atoms with Gasteiger partial charge in [-0.05, 0) is 24.3 Å². The van der Waals surface area contributed by atoms with Crippen molar-refractivity contribution in [1.29, 1.82) is 0 Å². The molecule has 2 heterocycles. The van der Waals surface area contributed by atoms with Gasteiger partial charge < -0.3 is 5.32 Å². The maximum absolute atomic E-state index is 12.9. The summed E-state index contributed by atoms with van der Waals surface area (Å²) in [5, 5.41) is 3.96. The Morgan fingerprint density at radius 2 is 1.74 bits per heavy atom. The van der Waals surface area contributed by atoms with Crippen molar-refractivity contribution >= 4 is 52.4 Å². The second kappa shape index (κ2) is 7.06. The summed E-state index contributed by atoms with van der Waals surface area (Å²) in [5.41, 5.74) is 2.15. The number of para-hydroxylation sites is 2. The monoisotopic (exact) mass is 399 g/mol. The van der Waals surface area contributed by atoms with Crippen LogP contribution in [-0.2, 0) is 6.54 Å². The van der Waals surface area contributed by atoms with Crippen molar-refractivity contribution in [3.05, 3.63) is 70.3 Å². The highest BCUT2D eigenvalue weighted by atomic mass is 35.5. The molecule has 6 nitrogen and oxygen atoms in total. The van der Waals surface area contributed by atoms with Crippen molar-refractivity contribution < 1.29 is 4.79 Å². The van der Waals surface area contributed by atoms with E-state index in [2.05, 4.69) is 15.3 Å². The number of carbonyl (C=O) groups excluding carboxylic acids is 1. The highest BCUT2D eigenvalue weighted by Crippen LogP contribution is 2.38. The third kappa shape index (κ3) is 3.29. The first-order valence-electron chi connectivity index (χ1n) is 8.22. The molecule has 0 fully saturated rings. The summed E-state index contributed by atoms with van der Waals surface area (Å²) in [6.07, 6.45) is 1.70. The molecule has 27 heavy (non-hydrogen) atoms. The SMILES string of the molecule is CN1C(=O)N(c2c(Cl)cccc2Cl)Cc2cnc(Nc3ccccc3)nc21. The Labute approximate surface area is 166 Å². The van der Waals surface area contributed by atoms with Gasteiger partial charge in [-0.3, -0.25) is 9.80 Å². The van der Waals surface area contributed by atoms with E-state index in [0.29, 0.717) is 27.5 Å². The van der Waals surface area contributed by atoms with Crippen LogP contribution >= 0.6 is 23.2 Å². The van der Waals surface area contributed by atoms with Crippen molar-refractivity contribution in [3.8, 4) is 0 Å². The van der Waals surface area contributed by atoms with E-state index in [4.69, 9.17) is 23.2 Å². The predicted octanol–water partition coefficient (Wildman–Crippen LogP) is 5.10. The van der Waals surface area contributed by atoms with Gasteiger partial charge in [-0.15, -0.1) is 0 Å². The van der Waals surface area contributed by atoms with E-state index in [1.54, 1.807) is 31.4 Å². The summed E-state index contributed by atoms with van der Waals surface area (Å²) in [6.45, 7) is 0.285. The Hall–Kier alpha value is -2.83. The van der Waals surface area contributed by atoms with Gasteiger partial charge in [0.25, 0.3) is 0 Å². The number of fused-ring (bicyclic) bond motifs is 1. The van der Waals surface area contributed by atoms with Gasteiger partial charge in [0.1, 0.15) is 5.82 Å². The molecule has 0 aliphatic carbocycles. The molecule has 0 atom stereocenters. The Balaban J connectivity index is 1.68. The molecule has 1 N–H and O–H groups in total. The van der Waals surface area contributed by atoms with Crippen molar-refractivity contribution in [2.75, 3.05) is 22.2 Å². The zero-order valence-electron chi connectivity index (χ0n) is 14.4. The summed E-state index contributed by atoms with van der Waals surface area (Å²) >= 11 is 12.6. The highest BCUT2D eigenvalue weighted by Gasteiger charge is 2.32. The molecule has 4 rings (SSSR count). The predicted molar refractivity (Wildman–Crippen MR) is 108 cm³/mol. The first kappa shape index (κ1) is 17.6. The molecule has 3 aromatic rings. The number of carbonyl (C=O) groups is 1. The van der Waals surface area contributed by atoms with Gasteiger partial charge in [-0.1, -0.05) is 47.5 Å². The van der Waals surface area contributed by atoms with Crippen LogP contribution in [0.3, 0.4) is 0 Å². The van der Waals surface area contributed by atoms with Crippen LogP contribution in [0.25, 0.3) is 0 Å². The smallest absolute Gasteiger partial charge is 0.324 e. The molecule has 0 saturated heterocycles. The number of benzene rings is 2. The van der Waals surface area contributed by atoms with E-state index in [1.807, 2.05) is 30.3 Å². The fourth-order valence-corrected chi connectivity index (χ4v) is 3.54. The first-order chi connectivity index (χ1) is 13.0. The zero-order chi connectivity index (χ0) is 19.0. The van der Waals surface area contributed by atoms with Gasteiger partial charge >= 0.3 is 6.03 Å². The van der Waals surface area contributed by atoms with E-state index in [9.17, 15) is 4.79 Å². The van der Waals surface area contributed by atoms with E-state index in [1.165, 1.54) is 9.80 Å². The topological polar surface area (TPSA) is 61.4 Å². The maximum atomic E-state index is 12.9. The lowest BCUT2D eigenvalue weighted by atomic mass is 10.2. The molecule has 2 amide bonds. The molecule has 0 saturated carbocycles. The average Bonchev–Trinajstić information content (AvgIpc) is 2.67. The number of hydrogen-bond acceptors (Lipinski definition) is 4. The minimum atomic E-state index is -0.262. The molecule has 1 aromatic heterocycles. The lowest BCUT2D eigenvalue weighted by molar-refractivity contribution is 0.251. The molecule has 0 bridgehead atoms. The van der Waals surface area contributed by atoms with Gasteiger partial charge in [0, 0.05) is 24.5 Å². The molecule has 1 aliphatic heterocycles. The third-order valence-electron chi connectivity index (χ3n) is 4.24. The van der Waals surface area contributed by atoms with Crippen LogP contribution in [0, 0.1) is 0 Å². The molecule has 136 valence electrons. The molecule has 0 radical (unpaired) electrons. The number of anilines is 4. The number of amides is 2. The van der Waals surface area contributed by atoms with E-state index < -0.39 is 0 Å². The summed E-state index contributed by atoms with van der Waals surface area (Å²) in [6, 6.07) is 14.5. The lowest BCUT2D eigenvalue weighted by Gasteiger charge is -2.34. The molecule has 0 spiro atoms. The second-order valence-electron chi connectivity index (χ2n) is 6.03. The van der Waals surface area contributed by atoms with Crippen molar-refractivity contribution in [2.45, 2.75) is 6.54 Å². The van der Waals surface area contributed by atoms with Crippen molar-refractivity contribution in [1.82, 2.24) is 9.97 Å². The van der Waals surface area contributed by atoms with Crippen LogP contribution in [-0.4, -0.2) is 23.0 Å². The van der Waals surface area contributed by atoms with Gasteiger partial charge in [-0.2, -0.15) is 4.98 Å². The molecule has 0 unspecified atom stereocenters. The largest absolute Gasteiger partial charge is 0.330 e. The van der Waals surface area contributed by atoms with Crippen LogP contribution < -0.4 is 15.1 Å². The van der Waals surface area contributed by atoms with Crippen molar-refractivity contribution in [3.63, 3.8) is 0 Å². The minimum absolute atomic E-state index is 0.262. The van der Waals surface area contributed by atoms with Crippen LogP contribution in [0.5, 0.6) is 0 Å². The number of hydrogen-bond donors (Lipinski definition) is 1. The average molecular weight is 400 g/mol. The number of nitrogens with one attached hydrogen (secondary N) is 1. The Bertz CT molecular complexity index is 992. The number of nitrogens with zero attached hydrogens (tertiary/aromatic N) is 4. The first-order valence-corrected chi connectivity index (χ1v) is 8.97. The zero-order valence-corrected chi connectivity index (χ0v) is 15.9. The molecular formula is C19H15Cl2N5O. The number of rotatable bonds is 3. The molecule has 2 aromatic carbocycles. The Kier molecular flexibility index (Phi) is 4.59. The van der Waals surface area contributed by atoms with Crippen LogP contribution in [0.1, 0.15) is 5.56 Å². The maximum Gasteiger partial charge on any atom is 0.330 e. The lowest BCUT2D eigenvalue weighted by Crippen LogP contribution is -2.46. The molecule has 8 heteroatoms. The molecule has 1 aliphatic rings. The summed E-state index contributed by atoms with van der Waals surface area (Å²) in [7, 11) is 1.66. The van der Waals surface area contributed by atoms with Crippen molar-refractivity contribution in [2.24, 2.45) is 0 Å². The van der Waals surface area contributed by atoms with Gasteiger partial charge in [0.05, 0.1) is 22.3 Å². The fraction of sp³-hybridized carbons (Fsp3) is 0.105. The van der Waals surface area contributed by atoms with Gasteiger partial charge in [0.15, 0.2) is 0 Å². The van der Waals surface area contributed by atoms with Gasteiger partial charge in [-0.25, -0.2) is 9.78 Å². The van der Waals surface area contributed by atoms with Gasteiger partial charge in [0.2, 0.25) is 5.95 Å². The number of aromatic nitrogens is 2.